The Morgan fingerprint density at radius 1 is 1.28 bits per heavy atom. The molecular formula is C20H32N4O. The fourth-order valence-corrected chi connectivity index (χ4v) is 4.57. The van der Waals surface area contributed by atoms with Crippen molar-refractivity contribution in [1.29, 1.82) is 0 Å². The van der Waals surface area contributed by atoms with Gasteiger partial charge in [0.2, 0.25) is 5.91 Å². The molecular weight excluding hydrogens is 312 g/mol. The molecule has 2 aliphatic rings. The number of hydrogen-bond donors (Lipinski definition) is 1. The van der Waals surface area contributed by atoms with Crippen LogP contribution in [0.5, 0.6) is 0 Å². The fourth-order valence-electron chi connectivity index (χ4n) is 4.57. The van der Waals surface area contributed by atoms with Crippen LogP contribution in [-0.2, 0) is 11.8 Å². The number of allylic oxidation sites excluding steroid dienone is 1. The third-order valence-corrected chi connectivity index (χ3v) is 6.42. The van der Waals surface area contributed by atoms with E-state index in [9.17, 15) is 4.79 Å². The lowest BCUT2D eigenvalue weighted by Gasteiger charge is -2.30. The van der Waals surface area contributed by atoms with Crippen molar-refractivity contribution in [3.8, 4) is 0 Å². The maximum atomic E-state index is 12.3. The highest BCUT2D eigenvalue weighted by molar-refractivity contribution is 5.79. The normalized spacial score (nSPS) is 30.0. The van der Waals surface area contributed by atoms with E-state index in [0.29, 0.717) is 18.3 Å². The van der Waals surface area contributed by atoms with Gasteiger partial charge in [0.05, 0.1) is 12.2 Å². The Hall–Kier alpha value is -1.62. The number of likely N-dealkylation sites (tertiary alicyclic amines) is 1. The van der Waals surface area contributed by atoms with E-state index >= 15 is 0 Å². The highest BCUT2D eigenvalue weighted by atomic mass is 16.2. The molecule has 0 unspecified atom stereocenters. The summed E-state index contributed by atoms with van der Waals surface area (Å²) in [7, 11) is 3.89. The van der Waals surface area contributed by atoms with Crippen molar-refractivity contribution in [2.24, 2.45) is 24.8 Å². The first-order valence-electron chi connectivity index (χ1n) is 9.51. The maximum absolute atomic E-state index is 12.3. The first-order chi connectivity index (χ1) is 11.9. The third-order valence-electron chi connectivity index (χ3n) is 6.42. The van der Waals surface area contributed by atoms with Crippen molar-refractivity contribution in [2.75, 3.05) is 20.1 Å². The molecule has 138 valence electrons. The molecule has 4 atom stereocenters. The number of nitrogens with zero attached hydrogens (tertiary/aromatic N) is 3. The summed E-state index contributed by atoms with van der Waals surface area (Å²) in [6, 6.07) is 0.133. The molecule has 0 aromatic carbocycles. The van der Waals surface area contributed by atoms with Crippen LogP contribution in [0.1, 0.15) is 50.4 Å². The van der Waals surface area contributed by atoms with Gasteiger partial charge in [-0.05, 0) is 38.5 Å². The standard InChI is InChI=1S/C20H32N4O/c1-13-7-6-8-14(2)17(13)11-21-10-16-9-19(25)23(4)20(16)18-12-22-24(5)15(18)3/h7,12,14,16-17,20-21H,6,8-11H2,1-5H3/t14-,16-,17+,20+/m0/s1. The topological polar surface area (TPSA) is 50.2 Å². The van der Waals surface area contributed by atoms with E-state index in [1.165, 1.54) is 24.0 Å². The second-order valence-electron chi connectivity index (χ2n) is 7.99. The lowest BCUT2D eigenvalue weighted by molar-refractivity contribution is -0.127. The molecule has 0 saturated carbocycles. The van der Waals surface area contributed by atoms with Gasteiger partial charge in [0.1, 0.15) is 0 Å². The van der Waals surface area contributed by atoms with E-state index in [1.54, 1.807) is 0 Å². The van der Waals surface area contributed by atoms with E-state index in [4.69, 9.17) is 0 Å². The Morgan fingerprint density at radius 3 is 2.68 bits per heavy atom. The minimum atomic E-state index is 0.133. The molecule has 1 saturated heterocycles. The molecule has 5 heteroatoms. The number of rotatable bonds is 5. The monoisotopic (exact) mass is 344 g/mol. The van der Waals surface area contributed by atoms with E-state index < -0.39 is 0 Å². The zero-order valence-corrected chi connectivity index (χ0v) is 16.2. The number of nitrogens with one attached hydrogen (secondary N) is 1. The second-order valence-corrected chi connectivity index (χ2v) is 7.99. The lowest BCUT2D eigenvalue weighted by Crippen LogP contribution is -2.34. The maximum Gasteiger partial charge on any atom is 0.223 e. The van der Waals surface area contributed by atoms with Crippen LogP contribution in [0.25, 0.3) is 0 Å². The number of amides is 1. The van der Waals surface area contributed by atoms with Gasteiger partial charge in [-0.2, -0.15) is 5.10 Å². The Bertz CT molecular complexity index is 663. The summed E-state index contributed by atoms with van der Waals surface area (Å²) >= 11 is 0. The van der Waals surface area contributed by atoms with E-state index in [2.05, 4.69) is 37.3 Å². The van der Waals surface area contributed by atoms with Gasteiger partial charge in [-0.3, -0.25) is 9.48 Å². The summed E-state index contributed by atoms with van der Waals surface area (Å²) < 4.78 is 1.90. The zero-order chi connectivity index (χ0) is 18.1. The SMILES string of the molecule is CC1=CCC[C@H](C)[C@@H]1CNC[C@@H]1CC(=O)N(C)[C@H]1c1cnn(C)c1C. The van der Waals surface area contributed by atoms with E-state index in [1.807, 2.05) is 29.9 Å². The van der Waals surface area contributed by atoms with Crippen LogP contribution in [0.2, 0.25) is 0 Å². The summed E-state index contributed by atoms with van der Waals surface area (Å²) in [4.78, 5) is 14.2. The molecule has 5 nitrogen and oxygen atoms in total. The lowest BCUT2D eigenvalue weighted by atomic mass is 9.80. The van der Waals surface area contributed by atoms with E-state index in [-0.39, 0.29) is 11.9 Å². The van der Waals surface area contributed by atoms with Crippen molar-refractivity contribution < 1.29 is 4.79 Å². The van der Waals surface area contributed by atoms with Crippen molar-refractivity contribution in [3.05, 3.63) is 29.1 Å². The number of aryl methyl sites for hydroxylation is 1. The van der Waals surface area contributed by atoms with Gasteiger partial charge in [0.25, 0.3) is 0 Å². The molecule has 0 spiro atoms. The first kappa shape index (κ1) is 18.2. The minimum Gasteiger partial charge on any atom is -0.338 e. The molecule has 1 amide bonds. The van der Waals surface area contributed by atoms with Crippen LogP contribution >= 0.6 is 0 Å². The molecule has 25 heavy (non-hydrogen) atoms. The fraction of sp³-hybridized carbons (Fsp3) is 0.700. The van der Waals surface area contributed by atoms with Crippen LogP contribution in [0.3, 0.4) is 0 Å². The van der Waals surface area contributed by atoms with E-state index in [0.717, 1.165) is 24.7 Å². The predicted octanol–water partition coefficient (Wildman–Crippen LogP) is 2.83. The van der Waals surface area contributed by atoms with Gasteiger partial charge in [0.15, 0.2) is 0 Å². The third kappa shape index (κ3) is 3.52. The molecule has 3 rings (SSSR count). The van der Waals surface area contributed by atoms with Crippen LogP contribution in [0.4, 0.5) is 0 Å². The largest absolute Gasteiger partial charge is 0.338 e. The summed E-state index contributed by atoms with van der Waals surface area (Å²) in [5, 5.41) is 8.06. The van der Waals surface area contributed by atoms with Crippen LogP contribution in [0.15, 0.2) is 17.8 Å². The minimum absolute atomic E-state index is 0.133. The van der Waals surface area contributed by atoms with Crippen molar-refractivity contribution in [2.45, 2.75) is 46.1 Å². The van der Waals surface area contributed by atoms with Crippen LogP contribution in [0, 0.1) is 24.7 Å². The average Bonchev–Trinajstić information content (AvgIpc) is 3.03. The Balaban J connectivity index is 1.66. The Morgan fingerprint density at radius 2 is 2.04 bits per heavy atom. The molecule has 1 aliphatic heterocycles. The van der Waals surface area contributed by atoms with Crippen molar-refractivity contribution >= 4 is 5.91 Å². The van der Waals surface area contributed by atoms with Gasteiger partial charge >= 0.3 is 0 Å². The number of aromatic nitrogens is 2. The summed E-state index contributed by atoms with van der Waals surface area (Å²) in [5.74, 6) is 1.91. The molecule has 0 radical (unpaired) electrons. The quantitative estimate of drug-likeness (QED) is 0.836. The smallest absolute Gasteiger partial charge is 0.223 e. The Kier molecular flexibility index (Phi) is 5.32. The highest BCUT2D eigenvalue weighted by Crippen LogP contribution is 2.38. The highest BCUT2D eigenvalue weighted by Gasteiger charge is 2.39. The van der Waals surface area contributed by atoms with Gasteiger partial charge in [-0.1, -0.05) is 18.6 Å². The molecule has 1 N–H and O–H groups in total. The Labute approximate surface area is 151 Å². The van der Waals surface area contributed by atoms with Crippen LogP contribution < -0.4 is 5.32 Å². The van der Waals surface area contributed by atoms with Gasteiger partial charge in [0, 0.05) is 50.8 Å². The van der Waals surface area contributed by atoms with Crippen molar-refractivity contribution in [1.82, 2.24) is 20.0 Å². The predicted molar refractivity (Wildman–Crippen MR) is 100 cm³/mol. The first-order valence-corrected chi connectivity index (χ1v) is 9.51. The number of carbonyl (C=O) groups is 1. The number of hydrogen-bond acceptors (Lipinski definition) is 3. The molecule has 1 fully saturated rings. The summed E-state index contributed by atoms with van der Waals surface area (Å²) in [6.45, 7) is 8.59. The molecule has 0 bridgehead atoms. The number of carbonyl (C=O) groups excluding carboxylic acids is 1. The molecule has 1 aromatic rings. The zero-order valence-electron chi connectivity index (χ0n) is 16.2. The van der Waals surface area contributed by atoms with Gasteiger partial charge in [-0.15, -0.1) is 0 Å². The molecule has 2 heterocycles. The second kappa shape index (κ2) is 7.32. The molecule has 1 aromatic heterocycles. The summed E-state index contributed by atoms with van der Waals surface area (Å²) in [5.41, 5.74) is 3.85. The van der Waals surface area contributed by atoms with Crippen molar-refractivity contribution in [3.63, 3.8) is 0 Å². The average molecular weight is 345 g/mol. The summed E-state index contributed by atoms with van der Waals surface area (Å²) in [6.07, 6.45) is 7.44. The molecule has 1 aliphatic carbocycles. The van der Waals surface area contributed by atoms with Crippen LogP contribution in [-0.4, -0.2) is 40.7 Å². The van der Waals surface area contributed by atoms with Gasteiger partial charge in [-0.25, -0.2) is 0 Å². The van der Waals surface area contributed by atoms with Gasteiger partial charge < -0.3 is 10.2 Å².